The number of epoxide rings is 1. The fraction of sp³-hybridized carbons (Fsp3) is 0.533. The molecule has 0 aliphatic carbocycles. The van der Waals surface area contributed by atoms with E-state index in [9.17, 15) is 4.79 Å². The van der Waals surface area contributed by atoms with Gasteiger partial charge in [-0.3, -0.25) is 5.32 Å². The van der Waals surface area contributed by atoms with Gasteiger partial charge in [0.05, 0.1) is 19.8 Å². The highest BCUT2D eigenvalue weighted by atomic mass is 16.6. The monoisotopic (exact) mass is 279 g/mol. The van der Waals surface area contributed by atoms with Gasteiger partial charge in [0.25, 0.3) is 0 Å². The number of nitrogens with one attached hydrogen (secondary N) is 1. The van der Waals surface area contributed by atoms with Crippen LogP contribution in [0.5, 0.6) is 5.75 Å². The van der Waals surface area contributed by atoms with Crippen LogP contribution in [0.4, 0.5) is 10.5 Å². The predicted molar refractivity (Wildman–Crippen MR) is 76.3 cm³/mol. The van der Waals surface area contributed by atoms with Gasteiger partial charge < -0.3 is 14.2 Å². The Labute approximate surface area is 119 Å². The van der Waals surface area contributed by atoms with E-state index < -0.39 is 11.7 Å². The van der Waals surface area contributed by atoms with Crippen molar-refractivity contribution in [2.24, 2.45) is 0 Å². The van der Waals surface area contributed by atoms with Crippen LogP contribution in [0.2, 0.25) is 0 Å². The average Bonchev–Trinajstić information content (AvgIpc) is 3.13. The average molecular weight is 279 g/mol. The van der Waals surface area contributed by atoms with Crippen molar-refractivity contribution >= 4 is 11.8 Å². The lowest BCUT2D eigenvalue weighted by Crippen LogP contribution is -2.27. The summed E-state index contributed by atoms with van der Waals surface area (Å²) in [5.74, 6) is 0.760. The van der Waals surface area contributed by atoms with Gasteiger partial charge in [0.1, 0.15) is 11.4 Å². The molecule has 2 rings (SSSR count). The highest BCUT2D eigenvalue weighted by Gasteiger charge is 2.25. The lowest BCUT2D eigenvalue weighted by atomic mass is 10.1. The zero-order chi connectivity index (χ0) is 14.8. The number of hydrogen-bond acceptors (Lipinski definition) is 4. The molecule has 0 radical (unpaired) electrons. The van der Waals surface area contributed by atoms with Crippen molar-refractivity contribution in [3.05, 3.63) is 23.8 Å². The van der Waals surface area contributed by atoms with Crippen LogP contribution in [0.25, 0.3) is 0 Å². The molecule has 1 unspecified atom stereocenters. The second-order valence-electron chi connectivity index (χ2n) is 5.81. The molecular formula is C15H21NO4. The smallest absolute Gasteiger partial charge is 0.412 e. The van der Waals surface area contributed by atoms with Gasteiger partial charge in [-0.1, -0.05) is 0 Å². The molecule has 1 aromatic rings. The molecule has 0 saturated carbocycles. The molecule has 1 saturated heterocycles. The Hall–Kier alpha value is -1.75. The standard InChI is InChI=1S/C15H21NO4/c1-15(2,3)20-14(17)16-13-6-5-11(18-4)7-10(13)8-12-9-19-12/h5-7,12H,8-9H2,1-4H3,(H,16,17). The topological polar surface area (TPSA) is 60.1 Å². The summed E-state index contributed by atoms with van der Waals surface area (Å²) in [5, 5.41) is 2.78. The number of rotatable bonds is 4. The minimum Gasteiger partial charge on any atom is -0.497 e. The Kier molecular flexibility index (Phi) is 4.18. The third-order valence-corrected chi connectivity index (χ3v) is 2.80. The van der Waals surface area contributed by atoms with Crippen LogP contribution in [-0.2, 0) is 15.9 Å². The first-order chi connectivity index (χ1) is 9.37. The zero-order valence-electron chi connectivity index (χ0n) is 12.4. The Morgan fingerprint density at radius 2 is 2.15 bits per heavy atom. The molecule has 5 nitrogen and oxygen atoms in total. The molecule has 0 spiro atoms. The van der Waals surface area contributed by atoms with Crippen LogP contribution in [0.15, 0.2) is 18.2 Å². The number of benzene rings is 1. The van der Waals surface area contributed by atoms with Gasteiger partial charge in [-0.05, 0) is 44.5 Å². The summed E-state index contributed by atoms with van der Waals surface area (Å²) >= 11 is 0. The highest BCUT2D eigenvalue weighted by molar-refractivity contribution is 5.86. The molecule has 1 N–H and O–H groups in total. The molecule has 20 heavy (non-hydrogen) atoms. The van der Waals surface area contributed by atoms with Crippen molar-refractivity contribution < 1.29 is 19.0 Å². The Morgan fingerprint density at radius 1 is 1.45 bits per heavy atom. The van der Waals surface area contributed by atoms with Gasteiger partial charge in [-0.15, -0.1) is 0 Å². The van der Waals surface area contributed by atoms with E-state index in [4.69, 9.17) is 14.2 Å². The lowest BCUT2D eigenvalue weighted by molar-refractivity contribution is 0.0635. The van der Waals surface area contributed by atoms with Crippen LogP contribution in [-0.4, -0.2) is 31.5 Å². The lowest BCUT2D eigenvalue weighted by Gasteiger charge is -2.20. The number of amides is 1. The van der Waals surface area contributed by atoms with E-state index in [2.05, 4.69) is 5.32 Å². The van der Waals surface area contributed by atoms with E-state index in [1.165, 1.54) is 0 Å². The second kappa shape index (κ2) is 5.71. The van der Waals surface area contributed by atoms with Crippen molar-refractivity contribution in [2.45, 2.75) is 38.9 Å². The van der Waals surface area contributed by atoms with Gasteiger partial charge in [0.15, 0.2) is 0 Å². The first-order valence-electron chi connectivity index (χ1n) is 6.66. The van der Waals surface area contributed by atoms with E-state index in [0.29, 0.717) is 0 Å². The minimum atomic E-state index is -0.518. The summed E-state index contributed by atoms with van der Waals surface area (Å²) < 4.78 is 15.7. The molecule has 1 fully saturated rings. The maximum absolute atomic E-state index is 11.8. The van der Waals surface area contributed by atoms with Gasteiger partial charge >= 0.3 is 6.09 Å². The fourth-order valence-electron chi connectivity index (χ4n) is 1.83. The Bertz CT molecular complexity index is 489. The number of anilines is 1. The van der Waals surface area contributed by atoms with Crippen molar-refractivity contribution in [1.82, 2.24) is 0 Å². The molecule has 0 aromatic heterocycles. The number of methoxy groups -OCH3 is 1. The molecule has 110 valence electrons. The first kappa shape index (κ1) is 14.7. The number of carbonyl (C=O) groups excluding carboxylic acids is 1. The Morgan fingerprint density at radius 3 is 2.70 bits per heavy atom. The van der Waals surface area contributed by atoms with Gasteiger partial charge in [-0.25, -0.2) is 4.79 Å². The maximum atomic E-state index is 11.8. The summed E-state index contributed by atoms with van der Waals surface area (Å²) in [7, 11) is 1.62. The van der Waals surface area contributed by atoms with Gasteiger partial charge in [0, 0.05) is 12.1 Å². The Balaban J connectivity index is 2.10. The third kappa shape index (κ3) is 4.42. The largest absolute Gasteiger partial charge is 0.497 e. The molecule has 1 aliphatic heterocycles. The van der Waals surface area contributed by atoms with Crippen LogP contribution in [0.3, 0.4) is 0 Å². The molecule has 1 atom stereocenters. The van der Waals surface area contributed by atoms with Crippen molar-refractivity contribution in [1.29, 1.82) is 0 Å². The summed E-state index contributed by atoms with van der Waals surface area (Å²) in [6, 6.07) is 5.54. The summed E-state index contributed by atoms with van der Waals surface area (Å²) in [6.45, 7) is 6.27. The predicted octanol–water partition coefficient (Wildman–Crippen LogP) is 2.98. The van der Waals surface area contributed by atoms with Crippen LogP contribution in [0, 0.1) is 0 Å². The van der Waals surface area contributed by atoms with E-state index in [1.54, 1.807) is 7.11 Å². The van der Waals surface area contributed by atoms with E-state index in [-0.39, 0.29) is 6.10 Å². The van der Waals surface area contributed by atoms with Crippen molar-refractivity contribution in [2.75, 3.05) is 19.0 Å². The van der Waals surface area contributed by atoms with Gasteiger partial charge in [0.2, 0.25) is 0 Å². The third-order valence-electron chi connectivity index (χ3n) is 2.80. The molecule has 0 bridgehead atoms. The first-order valence-corrected chi connectivity index (χ1v) is 6.66. The second-order valence-corrected chi connectivity index (χ2v) is 5.81. The van der Waals surface area contributed by atoms with E-state index >= 15 is 0 Å². The molecule has 1 amide bonds. The highest BCUT2D eigenvalue weighted by Crippen LogP contribution is 2.27. The van der Waals surface area contributed by atoms with E-state index in [0.717, 1.165) is 30.0 Å². The zero-order valence-corrected chi connectivity index (χ0v) is 12.4. The van der Waals surface area contributed by atoms with Crippen LogP contribution in [0.1, 0.15) is 26.3 Å². The number of hydrogen-bond donors (Lipinski definition) is 1. The van der Waals surface area contributed by atoms with Crippen molar-refractivity contribution in [3.8, 4) is 5.75 Å². The normalized spacial score (nSPS) is 17.5. The SMILES string of the molecule is COc1ccc(NC(=O)OC(C)(C)C)c(CC2CO2)c1. The fourth-order valence-corrected chi connectivity index (χ4v) is 1.83. The summed E-state index contributed by atoms with van der Waals surface area (Å²) in [6.07, 6.45) is 0.532. The molecule has 5 heteroatoms. The van der Waals surface area contributed by atoms with Crippen LogP contribution < -0.4 is 10.1 Å². The summed E-state index contributed by atoms with van der Waals surface area (Å²) in [5.41, 5.74) is 1.20. The molecular weight excluding hydrogens is 258 g/mol. The van der Waals surface area contributed by atoms with E-state index in [1.807, 2.05) is 39.0 Å². The number of ether oxygens (including phenoxy) is 3. The number of carbonyl (C=O) groups is 1. The summed E-state index contributed by atoms with van der Waals surface area (Å²) in [4.78, 5) is 11.8. The van der Waals surface area contributed by atoms with Gasteiger partial charge in [-0.2, -0.15) is 0 Å². The van der Waals surface area contributed by atoms with Crippen molar-refractivity contribution in [3.63, 3.8) is 0 Å². The maximum Gasteiger partial charge on any atom is 0.412 e. The molecule has 1 aliphatic rings. The minimum absolute atomic E-state index is 0.237. The molecule has 1 aromatic carbocycles. The van der Waals surface area contributed by atoms with Crippen LogP contribution >= 0.6 is 0 Å². The quantitative estimate of drug-likeness (QED) is 0.861. The molecule has 1 heterocycles.